The van der Waals surface area contributed by atoms with E-state index in [2.05, 4.69) is 23.7 Å². The van der Waals surface area contributed by atoms with Gasteiger partial charge in [-0.2, -0.15) is 0 Å². The van der Waals surface area contributed by atoms with Gasteiger partial charge in [0.2, 0.25) is 0 Å². The molecule has 1 aromatic rings. The Morgan fingerprint density at radius 1 is 1.38 bits per heavy atom. The van der Waals surface area contributed by atoms with Crippen LogP contribution in [0.4, 0.5) is 0 Å². The summed E-state index contributed by atoms with van der Waals surface area (Å²) in [5, 5.41) is 9.96. The summed E-state index contributed by atoms with van der Waals surface area (Å²) in [7, 11) is 0. The molecular weight excluding hydrogens is 224 g/mol. The van der Waals surface area contributed by atoms with Crippen LogP contribution in [-0.2, 0) is 13.0 Å². The van der Waals surface area contributed by atoms with Crippen LogP contribution in [0.1, 0.15) is 41.1 Å². The largest absolute Gasteiger partial charge is 0.476 e. The molecule has 1 aromatic heterocycles. The summed E-state index contributed by atoms with van der Waals surface area (Å²) in [5.74, 6) is -0.918. The van der Waals surface area contributed by atoms with Crippen molar-refractivity contribution >= 4 is 17.3 Å². The van der Waals surface area contributed by atoms with E-state index in [1.54, 1.807) is 0 Å². The summed E-state index contributed by atoms with van der Waals surface area (Å²) in [5.41, 5.74) is 0.230. The summed E-state index contributed by atoms with van der Waals surface area (Å²) < 4.78 is 0. The minimum atomic E-state index is -0.918. The van der Waals surface area contributed by atoms with Crippen molar-refractivity contribution in [1.29, 1.82) is 0 Å². The monoisotopic (exact) mass is 242 g/mol. The third-order valence-corrected chi connectivity index (χ3v) is 3.69. The first kappa shape index (κ1) is 13.1. The number of hydrogen-bond acceptors (Lipinski definition) is 4. The first-order chi connectivity index (χ1) is 7.62. The number of aryl methyl sites for hydroxylation is 1. The van der Waals surface area contributed by atoms with Gasteiger partial charge in [-0.3, -0.25) is 4.90 Å². The lowest BCUT2D eigenvalue weighted by Gasteiger charge is -2.16. The van der Waals surface area contributed by atoms with Crippen LogP contribution < -0.4 is 0 Å². The highest BCUT2D eigenvalue weighted by Crippen LogP contribution is 2.21. The average molecular weight is 242 g/mol. The van der Waals surface area contributed by atoms with Crippen molar-refractivity contribution in [3.05, 3.63) is 15.6 Å². The molecule has 0 radical (unpaired) electrons. The first-order valence-corrected chi connectivity index (χ1v) is 6.38. The second kappa shape index (κ2) is 5.96. The van der Waals surface area contributed by atoms with E-state index in [0.717, 1.165) is 29.4 Å². The Kier molecular flexibility index (Phi) is 4.89. The number of thiazole rings is 1. The van der Waals surface area contributed by atoms with E-state index in [1.165, 1.54) is 11.3 Å². The lowest BCUT2D eigenvalue weighted by Crippen LogP contribution is -2.22. The summed E-state index contributed by atoms with van der Waals surface area (Å²) in [6.45, 7) is 8.68. The molecule has 0 saturated heterocycles. The predicted molar refractivity (Wildman–Crippen MR) is 65.1 cm³/mol. The van der Waals surface area contributed by atoms with Crippen LogP contribution in [-0.4, -0.2) is 34.0 Å². The molecule has 1 N–H and O–H groups in total. The molecule has 0 aromatic carbocycles. The highest BCUT2D eigenvalue weighted by molar-refractivity contribution is 7.11. The Labute approximate surface area is 99.9 Å². The van der Waals surface area contributed by atoms with Crippen LogP contribution in [0, 0.1) is 0 Å². The fourth-order valence-corrected chi connectivity index (χ4v) is 2.52. The molecule has 4 nitrogen and oxygen atoms in total. The lowest BCUT2D eigenvalue weighted by molar-refractivity contribution is 0.0689. The van der Waals surface area contributed by atoms with Gasteiger partial charge in [0.15, 0.2) is 5.69 Å². The average Bonchev–Trinajstić information content (AvgIpc) is 2.69. The standard InChI is InChI=1S/C11H18N2O2S/c1-4-9-12-10(11(14)15)8(16-9)7-13(5-2)6-3/h4-7H2,1-3H3,(H,14,15). The number of carbonyl (C=O) groups is 1. The van der Waals surface area contributed by atoms with Gasteiger partial charge in [-0.25, -0.2) is 9.78 Å². The van der Waals surface area contributed by atoms with Gasteiger partial charge in [-0.15, -0.1) is 11.3 Å². The van der Waals surface area contributed by atoms with Crippen LogP contribution in [0.25, 0.3) is 0 Å². The van der Waals surface area contributed by atoms with Crippen LogP contribution in [0.3, 0.4) is 0 Å². The number of nitrogens with zero attached hydrogens (tertiary/aromatic N) is 2. The van der Waals surface area contributed by atoms with Crippen LogP contribution in [0.2, 0.25) is 0 Å². The van der Waals surface area contributed by atoms with Crippen molar-refractivity contribution in [2.45, 2.75) is 33.7 Å². The van der Waals surface area contributed by atoms with E-state index in [0.29, 0.717) is 6.54 Å². The van der Waals surface area contributed by atoms with Crippen molar-refractivity contribution in [3.63, 3.8) is 0 Å². The molecular formula is C11H18N2O2S. The normalized spacial score (nSPS) is 11.0. The topological polar surface area (TPSA) is 53.4 Å². The van der Waals surface area contributed by atoms with Gasteiger partial charge in [0, 0.05) is 6.54 Å². The number of carboxylic acids is 1. The zero-order valence-electron chi connectivity index (χ0n) is 9.99. The number of rotatable bonds is 6. The molecule has 16 heavy (non-hydrogen) atoms. The van der Waals surface area contributed by atoms with E-state index in [9.17, 15) is 4.79 Å². The number of hydrogen-bond donors (Lipinski definition) is 1. The molecule has 0 fully saturated rings. The highest BCUT2D eigenvalue weighted by Gasteiger charge is 2.17. The van der Waals surface area contributed by atoms with Crippen LogP contribution in [0.5, 0.6) is 0 Å². The molecule has 0 amide bonds. The van der Waals surface area contributed by atoms with Crippen molar-refractivity contribution < 1.29 is 9.90 Å². The van der Waals surface area contributed by atoms with Gasteiger partial charge in [0.25, 0.3) is 0 Å². The van der Waals surface area contributed by atoms with E-state index in [-0.39, 0.29) is 5.69 Å². The van der Waals surface area contributed by atoms with Gasteiger partial charge in [0.05, 0.1) is 9.88 Å². The quantitative estimate of drug-likeness (QED) is 0.831. The number of aromatic nitrogens is 1. The predicted octanol–water partition coefficient (Wildman–Crippen LogP) is 2.25. The van der Waals surface area contributed by atoms with Crippen LogP contribution >= 0.6 is 11.3 Å². The van der Waals surface area contributed by atoms with E-state index in [1.807, 2.05) is 6.92 Å². The molecule has 0 bridgehead atoms. The first-order valence-electron chi connectivity index (χ1n) is 5.56. The fourth-order valence-electron chi connectivity index (χ4n) is 1.48. The molecule has 1 rings (SSSR count). The Hall–Kier alpha value is -0.940. The Morgan fingerprint density at radius 3 is 2.44 bits per heavy atom. The fraction of sp³-hybridized carbons (Fsp3) is 0.636. The molecule has 0 aliphatic carbocycles. The van der Waals surface area contributed by atoms with Crippen molar-refractivity contribution in [3.8, 4) is 0 Å². The van der Waals surface area contributed by atoms with Crippen molar-refractivity contribution in [2.75, 3.05) is 13.1 Å². The minimum Gasteiger partial charge on any atom is -0.476 e. The molecule has 90 valence electrons. The zero-order chi connectivity index (χ0) is 12.1. The van der Waals surface area contributed by atoms with Gasteiger partial charge >= 0.3 is 5.97 Å². The highest BCUT2D eigenvalue weighted by atomic mass is 32.1. The lowest BCUT2D eigenvalue weighted by atomic mass is 10.3. The number of aromatic carboxylic acids is 1. The molecule has 0 aliphatic rings. The minimum absolute atomic E-state index is 0.230. The SMILES string of the molecule is CCc1nc(C(=O)O)c(CN(CC)CC)s1. The van der Waals surface area contributed by atoms with Gasteiger partial charge in [-0.1, -0.05) is 20.8 Å². The molecule has 0 aliphatic heterocycles. The molecule has 1 heterocycles. The maximum absolute atomic E-state index is 11.0. The Bertz CT molecular complexity index is 359. The Morgan fingerprint density at radius 2 is 2.00 bits per heavy atom. The summed E-state index contributed by atoms with van der Waals surface area (Å²) in [4.78, 5) is 18.2. The van der Waals surface area contributed by atoms with E-state index >= 15 is 0 Å². The maximum Gasteiger partial charge on any atom is 0.355 e. The van der Waals surface area contributed by atoms with Crippen LogP contribution in [0.15, 0.2) is 0 Å². The molecule has 5 heteroatoms. The molecule has 0 spiro atoms. The van der Waals surface area contributed by atoms with Crippen molar-refractivity contribution in [1.82, 2.24) is 9.88 Å². The summed E-state index contributed by atoms with van der Waals surface area (Å²) in [6.07, 6.45) is 0.795. The maximum atomic E-state index is 11.0. The second-order valence-corrected chi connectivity index (χ2v) is 4.67. The zero-order valence-corrected chi connectivity index (χ0v) is 10.8. The van der Waals surface area contributed by atoms with E-state index in [4.69, 9.17) is 5.11 Å². The third-order valence-electron chi connectivity index (χ3n) is 2.51. The second-order valence-electron chi connectivity index (χ2n) is 3.50. The third kappa shape index (κ3) is 3.02. The Balaban J connectivity index is 2.92. The smallest absolute Gasteiger partial charge is 0.355 e. The molecule has 0 atom stereocenters. The molecule has 0 unspecified atom stereocenters. The summed E-state index contributed by atoms with van der Waals surface area (Å²) in [6, 6.07) is 0. The number of carboxylic acid groups (broad SMARTS) is 1. The van der Waals surface area contributed by atoms with Gasteiger partial charge in [0.1, 0.15) is 0 Å². The summed E-state index contributed by atoms with van der Waals surface area (Å²) >= 11 is 1.51. The van der Waals surface area contributed by atoms with Gasteiger partial charge < -0.3 is 5.11 Å². The molecule has 0 saturated carbocycles. The van der Waals surface area contributed by atoms with E-state index < -0.39 is 5.97 Å². The van der Waals surface area contributed by atoms with Gasteiger partial charge in [-0.05, 0) is 19.5 Å². The van der Waals surface area contributed by atoms with Crippen molar-refractivity contribution in [2.24, 2.45) is 0 Å².